The molecule has 0 bridgehead atoms. The van der Waals surface area contributed by atoms with E-state index in [4.69, 9.17) is 0 Å². The van der Waals surface area contributed by atoms with E-state index in [1.54, 1.807) is 6.04 Å². The zero-order valence-corrected chi connectivity index (χ0v) is 13.6. The highest BCUT2D eigenvalue weighted by molar-refractivity contribution is 7.41. The Labute approximate surface area is 93.3 Å². The highest BCUT2D eigenvalue weighted by atomic mass is 29.3. The van der Waals surface area contributed by atoms with E-state index in [0.717, 1.165) is 0 Å². The normalized spacial score (nSPS) is 14.6. The summed E-state index contributed by atoms with van der Waals surface area (Å²) in [6.45, 7) is 20.2. The van der Waals surface area contributed by atoms with Crippen LogP contribution in [0.25, 0.3) is 0 Å². The third-order valence-electron chi connectivity index (χ3n) is 4.72. The lowest BCUT2D eigenvalue weighted by molar-refractivity contribution is 0.730. The number of unbranched alkanes of at least 4 members (excludes halogenated alkanes) is 1. The van der Waals surface area contributed by atoms with Gasteiger partial charge in [0.1, 0.15) is 0 Å². The van der Waals surface area contributed by atoms with Gasteiger partial charge in [0.15, 0.2) is 0 Å². The van der Waals surface area contributed by atoms with Crippen molar-refractivity contribution in [3.8, 4) is 0 Å². The quantitative estimate of drug-likeness (QED) is 0.591. The topological polar surface area (TPSA) is 0 Å². The summed E-state index contributed by atoms with van der Waals surface area (Å²) in [6.07, 6.45) is 2.82. The molecule has 0 spiro atoms. The van der Waals surface area contributed by atoms with Crippen molar-refractivity contribution in [3.05, 3.63) is 0 Å². The molecular weight excluding hydrogens is 200 g/mol. The SMILES string of the molecule is CCCC[Si](C)(C)[Si](C)(C)C(C)(C)C. The van der Waals surface area contributed by atoms with Crippen LogP contribution in [0.2, 0.25) is 37.3 Å². The molecule has 0 atom stereocenters. The molecule has 0 aromatic heterocycles. The van der Waals surface area contributed by atoms with E-state index in [1.165, 1.54) is 12.8 Å². The second-order valence-corrected chi connectivity index (χ2v) is 23.7. The third-order valence-corrected chi connectivity index (χ3v) is 26.6. The molecule has 0 nitrogen and oxygen atoms in total. The molecule has 0 aliphatic heterocycles. The van der Waals surface area contributed by atoms with Gasteiger partial charge in [-0.2, -0.15) is 0 Å². The zero-order valence-electron chi connectivity index (χ0n) is 11.6. The lowest BCUT2D eigenvalue weighted by atomic mass is 10.2. The van der Waals surface area contributed by atoms with Crippen molar-refractivity contribution in [3.63, 3.8) is 0 Å². The highest BCUT2D eigenvalue weighted by Crippen LogP contribution is 2.43. The predicted molar refractivity (Wildman–Crippen MR) is 74.4 cm³/mol. The first-order valence-electron chi connectivity index (χ1n) is 6.06. The molecule has 86 valence electrons. The van der Waals surface area contributed by atoms with E-state index in [-0.39, 0.29) is 0 Å². The van der Waals surface area contributed by atoms with E-state index in [9.17, 15) is 0 Å². The number of hydrogen-bond donors (Lipinski definition) is 0. The summed E-state index contributed by atoms with van der Waals surface area (Å²) in [4.78, 5) is 0. The molecular formula is C12H30Si2. The van der Waals surface area contributed by atoms with Crippen LogP contribution in [0.3, 0.4) is 0 Å². The maximum atomic E-state index is 2.63. The first-order valence-corrected chi connectivity index (χ1v) is 13.3. The first kappa shape index (κ1) is 14.4. The molecule has 0 unspecified atom stereocenters. The minimum Gasteiger partial charge on any atom is -0.0713 e. The van der Waals surface area contributed by atoms with Crippen LogP contribution in [0, 0.1) is 0 Å². The van der Waals surface area contributed by atoms with Gasteiger partial charge in [-0.25, -0.2) is 0 Å². The first-order chi connectivity index (χ1) is 6.06. The van der Waals surface area contributed by atoms with Crippen LogP contribution >= 0.6 is 0 Å². The van der Waals surface area contributed by atoms with Crippen LogP contribution in [0.15, 0.2) is 0 Å². The molecule has 0 heterocycles. The summed E-state index contributed by atoms with van der Waals surface area (Å²) in [5.74, 6) is 0. The number of hydrogen-bond acceptors (Lipinski definition) is 0. The molecule has 0 aliphatic rings. The fraction of sp³-hybridized carbons (Fsp3) is 1.00. The van der Waals surface area contributed by atoms with Gasteiger partial charge in [0.05, 0.1) is 0 Å². The van der Waals surface area contributed by atoms with Crippen molar-refractivity contribution < 1.29 is 0 Å². The van der Waals surface area contributed by atoms with Crippen LogP contribution in [-0.4, -0.2) is 15.2 Å². The van der Waals surface area contributed by atoms with E-state index >= 15 is 0 Å². The van der Waals surface area contributed by atoms with Gasteiger partial charge >= 0.3 is 0 Å². The fourth-order valence-electron chi connectivity index (χ4n) is 1.95. The van der Waals surface area contributed by atoms with Crippen LogP contribution in [0.1, 0.15) is 40.5 Å². The predicted octanol–water partition coefficient (Wildman–Crippen LogP) is 5.08. The van der Waals surface area contributed by atoms with E-state index < -0.39 is 15.2 Å². The second-order valence-electron chi connectivity index (χ2n) is 6.86. The Hall–Kier alpha value is 0.434. The average Bonchev–Trinajstić information content (AvgIpc) is 1.98. The third kappa shape index (κ3) is 2.96. The molecule has 0 aromatic rings. The zero-order chi connectivity index (χ0) is 11.6. The molecule has 0 amide bonds. The maximum absolute atomic E-state index is 2.63. The summed E-state index contributed by atoms with van der Waals surface area (Å²) < 4.78 is 0. The molecule has 0 radical (unpaired) electrons. The van der Waals surface area contributed by atoms with Crippen molar-refractivity contribution in [1.82, 2.24) is 0 Å². The Bertz CT molecular complexity index is 175. The standard InChI is InChI=1S/C12H30Si2/c1-9-10-11-13(5,6)14(7,8)12(2,3)4/h9-11H2,1-8H3. The summed E-state index contributed by atoms with van der Waals surface area (Å²) in [6, 6.07) is 1.54. The van der Waals surface area contributed by atoms with E-state index in [0.29, 0.717) is 5.04 Å². The molecule has 2 heteroatoms. The highest BCUT2D eigenvalue weighted by Gasteiger charge is 2.47. The Kier molecular flexibility index (Phi) is 4.66. The lowest BCUT2D eigenvalue weighted by Gasteiger charge is -2.48. The minimum absolute atomic E-state index is 0.580. The number of rotatable bonds is 4. The van der Waals surface area contributed by atoms with Gasteiger partial charge in [0.25, 0.3) is 0 Å². The van der Waals surface area contributed by atoms with Crippen LogP contribution < -0.4 is 0 Å². The summed E-state index contributed by atoms with van der Waals surface area (Å²) in [5, 5.41) is 0.580. The Balaban J connectivity index is 4.69. The van der Waals surface area contributed by atoms with E-state index in [1.807, 2.05) is 0 Å². The van der Waals surface area contributed by atoms with Gasteiger partial charge < -0.3 is 0 Å². The molecule has 0 saturated heterocycles. The summed E-state index contributed by atoms with van der Waals surface area (Å²) in [7, 11) is -1.98. The molecule has 0 aromatic carbocycles. The minimum atomic E-state index is -1.03. The summed E-state index contributed by atoms with van der Waals surface area (Å²) >= 11 is 0. The Morgan fingerprint density at radius 2 is 1.36 bits per heavy atom. The fourth-order valence-corrected chi connectivity index (χ4v) is 14.3. The largest absolute Gasteiger partial charge is 0.0713 e. The van der Waals surface area contributed by atoms with Gasteiger partial charge in [-0.1, -0.05) is 72.8 Å². The monoisotopic (exact) mass is 230 g/mol. The van der Waals surface area contributed by atoms with Gasteiger partial charge in [-0.15, -0.1) is 0 Å². The van der Waals surface area contributed by atoms with Crippen molar-refractivity contribution in [2.24, 2.45) is 0 Å². The molecule has 0 aliphatic carbocycles. The van der Waals surface area contributed by atoms with Crippen LogP contribution in [0.5, 0.6) is 0 Å². The Morgan fingerprint density at radius 1 is 0.929 bits per heavy atom. The molecule has 0 N–H and O–H groups in total. The van der Waals surface area contributed by atoms with Crippen molar-refractivity contribution in [2.45, 2.75) is 77.8 Å². The summed E-state index contributed by atoms with van der Waals surface area (Å²) in [5.41, 5.74) is 0. The van der Waals surface area contributed by atoms with Gasteiger partial charge in [-0.3, -0.25) is 0 Å². The average molecular weight is 231 g/mol. The van der Waals surface area contributed by atoms with Crippen LogP contribution in [-0.2, 0) is 0 Å². The van der Waals surface area contributed by atoms with Crippen molar-refractivity contribution in [2.75, 3.05) is 0 Å². The lowest BCUT2D eigenvalue weighted by Crippen LogP contribution is -2.60. The van der Waals surface area contributed by atoms with Crippen molar-refractivity contribution in [1.29, 1.82) is 0 Å². The molecule has 0 saturated carbocycles. The smallest absolute Gasteiger partial charge is 0.0465 e. The molecule has 14 heavy (non-hydrogen) atoms. The van der Waals surface area contributed by atoms with Gasteiger partial charge in [-0.05, 0) is 5.04 Å². The second kappa shape index (κ2) is 4.52. The molecule has 0 rings (SSSR count). The molecule has 0 fully saturated rings. The van der Waals surface area contributed by atoms with Crippen LogP contribution in [0.4, 0.5) is 0 Å². The van der Waals surface area contributed by atoms with E-state index in [2.05, 4.69) is 53.9 Å². The van der Waals surface area contributed by atoms with Crippen molar-refractivity contribution >= 4 is 15.2 Å². The maximum Gasteiger partial charge on any atom is 0.0465 e. The van der Waals surface area contributed by atoms with Gasteiger partial charge in [0.2, 0.25) is 0 Å². The Morgan fingerprint density at radius 3 is 1.64 bits per heavy atom. The van der Waals surface area contributed by atoms with Gasteiger partial charge in [0, 0.05) is 15.2 Å².